The SMILES string of the molecule is COc1ccc2[nH]c(C(F)(F)F)c(Cl)c(=O)c2c1. The highest BCUT2D eigenvalue weighted by Gasteiger charge is 2.35. The summed E-state index contributed by atoms with van der Waals surface area (Å²) < 4.78 is 42.8. The third kappa shape index (κ3) is 2.03. The largest absolute Gasteiger partial charge is 0.497 e. The van der Waals surface area contributed by atoms with Gasteiger partial charge in [0.2, 0.25) is 5.43 Å². The molecule has 18 heavy (non-hydrogen) atoms. The second-order valence-corrected chi connectivity index (χ2v) is 3.93. The van der Waals surface area contributed by atoms with E-state index in [-0.39, 0.29) is 10.9 Å². The number of nitrogens with one attached hydrogen (secondary N) is 1. The molecule has 0 atom stereocenters. The summed E-state index contributed by atoms with van der Waals surface area (Å²) >= 11 is 5.45. The van der Waals surface area contributed by atoms with Gasteiger partial charge in [-0.2, -0.15) is 13.2 Å². The first-order valence-corrected chi connectivity index (χ1v) is 5.19. The van der Waals surface area contributed by atoms with Crippen LogP contribution in [0.25, 0.3) is 10.9 Å². The van der Waals surface area contributed by atoms with Crippen molar-refractivity contribution in [1.29, 1.82) is 0 Å². The predicted octanol–water partition coefficient (Wildman–Crippen LogP) is 3.21. The number of aromatic nitrogens is 1. The van der Waals surface area contributed by atoms with Crippen molar-refractivity contribution in [1.82, 2.24) is 4.98 Å². The van der Waals surface area contributed by atoms with Crippen LogP contribution in [0, 0.1) is 0 Å². The molecular formula is C11H7ClF3NO2. The molecule has 0 spiro atoms. The molecule has 96 valence electrons. The maximum atomic E-state index is 12.6. The average molecular weight is 278 g/mol. The minimum absolute atomic E-state index is 0.0485. The second-order valence-electron chi connectivity index (χ2n) is 3.55. The van der Waals surface area contributed by atoms with Crippen LogP contribution in [0.15, 0.2) is 23.0 Å². The van der Waals surface area contributed by atoms with E-state index >= 15 is 0 Å². The molecule has 3 nitrogen and oxygen atoms in total. The maximum Gasteiger partial charge on any atom is 0.432 e. The average Bonchev–Trinajstić information content (AvgIpc) is 2.32. The van der Waals surface area contributed by atoms with Gasteiger partial charge in [0.25, 0.3) is 0 Å². The molecule has 0 fully saturated rings. The van der Waals surface area contributed by atoms with Crippen LogP contribution in [-0.2, 0) is 6.18 Å². The Balaban J connectivity index is 2.83. The van der Waals surface area contributed by atoms with E-state index in [4.69, 9.17) is 16.3 Å². The molecule has 7 heteroatoms. The number of benzene rings is 1. The molecule has 1 N–H and O–H groups in total. The lowest BCUT2D eigenvalue weighted by Gasteiger charge is -2.10. The Morgan fingerprint density at radius 2 is 2.00 bits per heavy atom. The third-order valence-electron chi connectivity index (χ3n) is 2.43. The molecule has 0 bridgehead atoms. The van der Waals surface area contributed by atoms with Crippen LogP contribution in [0.4, 0.5) is 13.2 Å². The molecule has 0 aliphatic heterocycles. The van der Waals surface area contributed by atoms with E-state index in [0.717, 1.165) is 0 Å². The van der Waals surface area contributed by atoms with E-state index in [1.54, 1.807) is 0 Å². The van der Waals surface area contributed by atoms with Crippen molar-refractivity contribution in [3.63, 3.8) is 0 Å². The van der Waals surface area contributed by atoms with Crippen molar-refractivity contribution < 1.29 is 17.9 Å². The number of alkyl halides is 3. The molecule has 0 aliphatic carbocycles. The summed E-state index contributed by atoms with van der Waals surface area (Å²) in [6, 6.07) is 4.12. The van der Waals surface area contributed by atoms with Gasteiger partial charge in [0, 0.05) is 0 Å². The smallest absolute Gasteiger partial charge is 0.432 e. The first kappa shape index (κ1) is 12.8. The summed E-state index contributed by atoms with van der Waals surface area (Å²) in [6.45, 7) is 0. The minimum atomic E-state index is -4.70. The summed E-state index contributed by atoms with van der Waals surface area (Å²) in [5, 5.41) is -0.824. The number of hydrogen-bond acceptors (Lipinski definition) is 2. The lowest BCUT2D eigenvalue weighted by Crippen LogP contribution is -2.16. The highest BCUT2D eigenvalue weighted by Crippen LogP contribution is 2.33. The Bertz CT molecular complexity index is 664. The quantitative estimate of drug-likeness (QED) is 0.870. The first-order valence-electron chi connectivity index (χ1n) is 4.81. The molecule has 0 aliphatic rings. The highest BCUT2D eigenvalue weighted by atomic mass is 35.5. The fourth-order valence-corrected chi connectivity index (χ4v) is 1.82. The molecule has 1 aromatic carbocycles. The van der Waals surface area contributed by atoms with Gasteiger partial charge >= 0.3 is 6.18 Å². The molecule has 2 aromatic rings. The van der Waals surface area contributed by atoms with E-state index in [2.05, 4.69) is 4.98 Å². The Kier molecular flexibility index (Phi) is 2.98. The lowest BCUT2D eigenvalue weighted by molar-refractivity contribution is -0.140. The molecule has 0 amide bonds. The number of halogens is 4. The van der Waals surface area contributed by atoms with Crippen LogP contribution in [0.2, 0.25) is 5.02 Å². The topological polar surface area (TPSA) is 42.1 Å². The van der Waals surface area contributed by atoms with Crippen molar-refractivity contribution in [3.8, 4) is 5.75 Å². The number of ether oxygens (including phenoxy) is 1. The van der Waals surface area contributed by atoms with Crippen LogP contribution >= 0.6 is 11.6 Å². The van der Waals surface area contributed by atoms with Crippen molar-refractivity contribution >= 4 is 22.5 Å². The van der Waals surface area contributed by atoms with Crippen molar-refractivity contribution in [2.45, 2.75) is 6.18 Å². The fraction of sp³-hybridized carbons (Fsp3) is 0.182. The Labute approximate surface area is 104 Å². The van der Waals surface area contributed by atoms with Gasteiger partial charge < -0.3 is 9.72 Å². The van der Waals surface area contributed by atoms with Crippen LogP contribution < -0.4 is 10.2 Å². The zero-order valence-electron chi connectivity index (χ0n) is 9.06. The Hall–Kier alpha value is -1.69. The van der Waals surface area contributed by atoms with Crippen LogP contribution in [0.3, 0.4) is 0 Å². The second kappa shape index (κ2) is 4.20. The maximum absolute atomic E-state index is 12.6. The number of rotatable bonds is 1. The van der Waals surface area contributed by atoms with Gasteiger partial charge in [0.1, 0.15) is 16.5 Å². The molecule has 2 rings (SSSR count). The zero-order chi connectivity index (χ0) is 13.5. The normalized spacial score (nSPS) is 11.8. The summed E-state index contributed by atoms with van der Waals surface area (Å²) in [5.74, 6) is 0.365. The van der Waals surface area contributed by atoms with E-state index in [9.17, 15) is 18.0 Å². The number of H-pyrrole nitrogens is 1. The number of pyridine rings is 1. The van der Waals surface area contributed by atoms with Gasteiger partial charge in [0.05, 0.1) is 18.0 Å². The van der Waals surface area contributed by atoms with Crippen molar-refractivity contribution in [3.05, 3.63) is 39.1 Å². The monoisotopic (exact) mass is 277 g/mol. The summed E-state index contributed by atoms with van der Waals surface area (Å²) in [6.07, 6.45) is -4.70. The van der Waals surface area contributed by atoms with Gasteiger partial charge in [-0.05, 0) is 18.2 Å². The first-order chi connectivity index (χ1) is 8.34. The molecule has 0 radical (unpaired) electrons. The van der Waals surface area contributed by atoms with Gasteiger partial charge in [-0.15, -0.1) is 0 Å². The van der Waals surface area contributed by atoms with Gasteiger partial charge in [-0.3, -0.25) is 4.79 Å². The third-order valence-corrected chi connectivity index (χ3v) is 2.79. The van der Waals surface area contributed by atoms with Gasteiger partial charge in [-0.25, -0.2) is 0 Å². The predicted molar refractivity (Wildman–Crippen MR) is 61.1 cm³/mol. The van der Waals surface area contributed by atoms with E-state index in [1.165, 1.54) is 25.3 Å². The van der Waals surface area contributed by atoms with E-state index in [1.807, 2.05) is 0 Å². The van der Waals surface area contributed by atoms with Crippen molar-refractivity contribution in [2.24, 2.45) is 0 Å². The van der Waals surface area contributed by atoms with Crippen LogP contribution in [0.1, 0.15) is 5.69 Å². The molecule has 0 unspecified atom stereocenters. The number of hydrogen-bond donors (Lipinski definition) is 1. The molecule has 0 saturated heterocycles. The molecular weight excluding hydrogens is 271 g/mol. The lowest BCUT2D eigenvalue weighted by atomic mass is 10.2. The Morgan fingerprint density at radius 3 is 2.56 bits per heavy atom. The van der Waals surface area contributed by atoms with Crippen LogP contribution in [-0.4, -0.2) is 12.1 Å². The van der Waals surface area contributed by atoms with Gasteiger partial charge in [-0.1, -0.05) is 11.6 Å². The summed E-state index contributed by atoms with van der Waals surface area (Å²) in [4.78, 5) is 13.9. The minimum Gasteiger partial charge on any atom is -0.497 e. The Morgan fingerprint density at radius 1 is 1.33 bits per heavy atom. The number of fused-ring (bicyclic) bond motifs is 1. The zero-order valence-corrected chi connectivity index (χ0v) is 9.82. The number of aromatic amines is 1. The number of methoxy groups -OCH3 is 1. The highest BCUT2D eigenvalue weighted by molar-refractivity contribution is 6.31. The molecule has 1 aromatic heterocycles. The standard InChI is InChI=1S/C11H7ClF3NO2/c1-18-5-2-3-7-6(4-5)9(17)8(12)10(16-7)11(13,14)15/h2-4H,1H3,(H,16,17). The van der Waals surface area contributed by atoms with Crippen LogP contribution in [0.5, 0.6) is 5.75 Å². The van der Waals surface area contributed by atoms with E-state index < -0.39 is 22.3 Å². The van der Waals surface area contributed by atoms with E-state index in [0.29, 0.717) is 5.75 Å². The fourth-order valence-electron chi connectivity index (χ4n) is 1.56. The van der Waals surface area contributed by atoms with Gasteiger partial charge in [0.15, 0.2) is 0 Å². The summed E-state index contributed by atoms with van der Waals surface area (Å²) in [5.41, 5.74) is -2.07. The molecule has 0 saturated carbocycles. The molecule has 1 heterocycles. The van der Waals surface area contributed by atoms with Crippen molar-refractivity contribution in [2.75, 3.05) is 7.11 Å². The summed E-state index contributed by atoms with van der Waals surface area (Å²) in [7, 11) is 1.39.